The first-order valence-electron chi connectivity index (χ1n) is 9.86. The van der Waals surface area contributed by atoms with E-state index in [0.717, 1.165) is 11.1 Å². The Hall–Kier alpha value is -3.53. The predicted molar refractivity (Wildman–Crippen MR) is 113 cm³/mol. The quantitative estimate of drug-likeness (QED) is 0.470. The van der Waals surface area contributed by atoms with E-state index in [-0.39, 0.29) is 16.5 Å². The van der Waals surface area contributed by atoms with Crippen LogP contribution in [0.15, 0.2) is 58.2 Å². The number of nitrogens with one attached hydrogen (secondary N) is 1. The molecular weight excluding hydrogens is 420 g/mol. The highest BCUT2D eigenvalue weighted by Crippen LogP contribution is 2.41. The van der Waals surface area contributed by atoms with Gasteiger partial charge in [0.25, 0.3) is 10.0 Å². The number of hydrogen-bond donors (Lipinski definition) is 1. The van der Waals surface area contributed by atoms with Crippen LogP contribution in [0.4, 0.5) is 5.82 Å². The van der Waals surface area contributed by atoms with Crippen LogP contribution in [0.1, 0.15) is 18.1 Å². The van der Waals surface area contributed by atoms with Gasteiger partial charge in [0, 0.05) is 24.4 Å². The van der Waals surface area contributed by atoms with Crippen LogP contribution in [0.5, 0.6) is 11.5 Å². The molecule has 4 aromatic rings. The molecule has 1 aliphatic rings. The van der Waals surface area contributed by atoms with E-state index in [2.05, 4.69) is 15.0 Å². The van der Waals surface area contributed by atoms with Crippen molar-refractivity contribution in [1.29, 1.82) is 0 Å². The fraction of sp³-hybridized carbons (Fsp3) is 0.238. The summed E-state index contributed by atoms with van der Waals surface area (Å²) in [6, 6.07) is 10.2. The summed E-state index contributed by atoms with van der Waals surface area (Å²) in [6.45, 7) is 3.20. The van der Waals surface area contributed by atoms with Crippen LogP contribution >= 0.6 is 0 Å². The Morgan fingerprint density at radius 3 is 2.94 bits per heavy atom. The Labute approximate surface area is 178 Å². The molecule has 160 valence electrons. The molecule has 31 heavy (non-hydrogen) atoms. The first-order valence-corrected chi connectivity index (χ1v) is 11.3. The largest absolute Gasteiger partial charge is 0.492 e. The van der Waals surface area contributed by atoms with E-state index in [1.807, 2.05) is 23.0 Å². The van der Waals surface area contributed by atoms with Gasteiger partial charge in [-0.1, -0.05) is 17.3 Å². The lowest BCUT2D eigenvalue weighted by Crippen LogP contribution is -2.15. The second-order valence-corrected chi connectivity index (χ2v) is 8.69. The van der Waals surface area contributed by atoms with Crippen LogP contribution < -0.4 is 14.2 Å². The molecule has 2 aromatic carbocycles. The second-order valence-electron chi connectivity index (χ2n) is 7.04. The number of nitrogens with zero attached hydrogens (tertiary/aromatic N) is 3. The van der Waals surface area contributed by atoms with Gasteiger partial charge in [-0.05, 0) is 36.8 Å². The Morgan fingerprint density at radius 1 is 1.26 bits per heavy atom. The molecule has 9 nitrogen and oxygen atoms in total. The fourth-order valence-corrected chi connectivity index (χ4v) is 4.91. The molecule has 2 aromatic heterocycles. The summed E-state index contributed by atoms with van der Waals surface area (Å²) in [5.74, 6) is 0.954. The van der Waals surface area contributed by atoms with E-state index in [1.165, 1.54) is 6.07 Å². The summed E-state index contributed by atoms with van der Waals surface area (Å²) >= 11 is 0. The van der Waals surface area contributed by atoms with Crippen molar-refractivity contribution in [2.24, 2.45) is 0 Å². The molecule has 0 unspecified atom stereocenters. The zero-order valence-corrected chi connectivity index (χ0v) is 17.6. The Kier molecular flexibility index (Phi) is 4.78. The van der Waals surface area contributed by atoms with Gasteiger partial charge < -0.3 is 14.0 Å². The summed E-state index contributed by atoms with van der Waals surface area (Å²) in [4.78, 5) is 0.0286. The van der Waals surface area contributed by atoms with E-state index in [0.29, 0.717) is 42.9 Å². The van der Waals surface area contributed by atoms with Gasteiger partial charge in [-0.15, -0.1) is 0 Å². The van der Waals surface area contributed by atoms with Crippen LogP contribution in [0.2, 0.25) is 0 Å². The lowest BCUT2D eigenvalue weighted by molar-refractivity contribution is 0.331. The molecule has 0 aliphatic carbocycles. The molecule has 0 atom stereocenters. The normalized spacial score (nSPS) is 13.2. The van der Waals surface area contributed by atoms with Crippen molar-refractivity contribution < 1.29 is 22.4 Å². The average molecular weight is 440 g/mol. The van der Waals surface area contributed by atoms with Gasteiger partial charge in [-0.3, -0.25) is 9.40 Å². The number of benzene rings is 2. The van der Waals surface area contributed by atoms with E-state index >= 15 is 0 Å². The summed E-state index contributed by atoms with van der Waals surface area (Å²) in [5, 5.41) is 8.75. The number of para-hydroxylation sites is 1. The molecular formula is C21H20N4O5S. The third kappa shape index (κ3) is 3.48. The predicted octanol–water partition coefficient (Wildman–Crippen LogP) is 3.21. The van der Waals surface area contributed by atoms with Gasteiger partial charge in [-0.25, -0.2) is 8.42 Å². The van der Waals surface area contributed by atoms with Gasteiger partial charge in [0.1, 0.15) is 21.8 Å². The lowest BCUT2D eigenvalue weighted by Gasteiger charge is -2.12. The topological polar surface area (TPSA) is 108 Å². The molecule has 0 saturated heterocycles. The first-order chi connectivity index (χ1) is 15.1. The molecule has 0 amide bonds. The monoisotopic (exact) mass is 440 g/mol. The highest BCUT2D eigenvalue weighted by Gasteiger charge is 2.28. The zero-order chi connectivity index (χ0) is 21.4. The average Bonchev–Trinajstić information content (AvgIpc) is 3.50. The number of ether oxygens (including phenoxy) is 2. The number of hydrogen-bond acceptors (Lipinski definition) is 7. The molecule has 0 bridgehead atoms. The number of anilines is 1. The van der Waals surface area contributed by atoms with Crippen molar-refractivity contribution >= 4 is 26.8 Å². The van der Waals surface area contributed by atoms with Crippen molar-refractivity contribution in [3.8, 4) is 11.5 Å². The molecule has 5 rings (SSSR count). The third-order valence-electron chi connectivity index (χ3n) is 5.07. The minimum Gasteiger partial charge on any atom is -0.492 e. The number of aromatic nitrogens is 3. The molecule has 0 saturated carbocycles. The third-order valence-corrected chi connectivity index (χ3v) is 6.45. The van der Waals surface area contributed by atoms with Crippen molar-refractivity contribution in [3.63, 3.8) is 0 Å². The summed E-state index contributed by atoms with van der Waals surface area (Å²) in [6.07, 6.45) is 4.31. The molecule has 0 spiro atoms. The molecule has 1 aliphatic heterocycles. The second kappa shape index (κ2) is 7.62. The standard InChI is InChI=1S/C21H20N4O5S/c1-2-28-16-6-3-4-7-18(16)31(26,27)24-21-19-17(30-23-21)12-14(13-25-10-5-9-22-25)15-8-11-29-20(15)19/h3-7,9-10,12H,2,8,11,13H2,1H3,(H,23,24). The van der Waals surface area contributed by atoms with Crippen LogP contribution in [-0.2, 0) is 23.0 Å². The lowest BCUT2D eigenvalue weighted by atomic mass is 10.0. The highest BCUT2D eigenvalue weighted by molar-refractivity contribution is 7.92. The van der Waals surface area contributed by atoms with Gasteiger partial charge >= 0.3 is 0 Å². The Morgan fingerprint density at radius 2 is 2.13 bits per heavy atom. The Bertz CT molecular complexity index is 1350. The highest BCUT2D eigenvalue weighted by atomic mass is 32.2. The van der Waals surface area contributed by atoms with E-state index < -0.39 is 10.0 Å². The maximum Gasteiger partial charge on any atom is 0.266 e. The van der Waals surface area contributed by atoms with Crippen LogP contribution in [0.3, 0.4) is 0 Å². The van der Waals surface area contributed by atoms with Gasteiger partial charge in [0.05, 0.1) is 19.8 Å². The maximum absolute atomic E-state index is 13.1. The molecule has 10 heteroatoms. The van der Waals surface area contributed by atoms with E-state index in [9.17, 15) is 8.42 Å². The van der Waals surface area contributed by atoms with E-state index in [1.54, 1.807) is 31.3 Å². The van der Waals surface area contributed by atoms with E-state index in [4.69, 9.17) is 14.0 Å². The van der Waals surface area contributed by atoms with Crippen LogP contribution in [0, 0.1) is 0 Å². The first kappa shape index (κ1) is 19.4. The van der Waals surface area contributed by atoms with Crippen molar-refractivity contribution in [2.75, 3.05) is 17.9 Å². The SMILES string of the molecule is CCOc1ccccc1S(=O)(=O)Nc1noc2cc(Cn3cccn3)c3c(c12)OCC3. The smallest absolute Gasteiger partial charge is 0.266 e. The van der Waals surface area contributed by atoms with Gasteiger partial charge in [0.2, 0.25) is 0 Å². The number of sulfonamides is 1. The minimum atomic E-state index is -3.96. The molecule has 3 heterocycles. The molecule has 0 radical (unpaired) electrons. The Balaban J connectivity index is 1.56. The number of rotatable bonds is 7. The molecule has 1 N–H and O–H groups in total. The van der Waals surface area contributed by atoms with Crippen molar-refractivity contribution in [2.45, 2.75) is 24.8 Å². The zero-order valence-electron chi connectivity index (χ0n) is 16.7. The van der Waals surface area contributed by atoms with Gasteiger partial charge in [0.15, 0.2) is 11.4 Å². The molecule has 0 fully saturated rings. The summed E-state index contributed by atoms with van der Waals surface area (Å²) in [7, 11) is -3.96. The fourth-order valence-electron chi connectivity index (χ4n) is 3.76. The summed E-state index contributed by atoms with van der Waals surface area (Å²) < 4.78 is 47.3. The van der Waals surface area contributed by atoms with Crippen molar-refractivity contribution in [1.82, 2.24) is 14.9 Å². The van der Waals surface area contributed by atoms with Gasteiger partial charge in [-0.2, -0.15) is 5.10 Å². The van der Waals surface area contributed by atoms with Crippen LogP contribution in [-0.4, -0.2) is 36.6 Å². The maximum atomic E-state index is 13.1. The van der Waals surface area contributed by atoms with Crippen LogP contribution in [0.25, 0.3) is 11.0 Å². The number of fused-ring (bicyclic) bond motifs is 3. The minimum absolute atomic E-state index is 0.0286. The summed E-state index contributed by atoms with van der Waals surface area (Å²) in [5.41, 5.74) is 2.44. The van der Waals surface area contributed by atoms with Crippen molar-refractivity contribution in [3.05, 3.63) is 59.9 Å².